The molecule has 1 atom stereocenters. The average molecular weight is 348 g/mol. The summed E-state index contributed by atoms with van der Waals surface area (Å²) in [6.45, 7) is 2.57. The second kappa shape index (κ2) is 9.36. The zero-order valence-electron chi connectivity index (χ0n) is 13.7. The number of alkyl halides is 3. The van der Waals surface area contributed by atoms with Crippen molar-refractivity contribution in [1.82, 2.24) is 5.32 Å². The second-order valence-electron chi connectivity index (χ2n) is 5.77. The zero-order chi connectivity index (χ0) is 18.2. The molecule has 0 saturated carbocycles. The summed E-state index contributed by atoms with van der Waals surface area (Å²) in [5.41, 5.74) is 5.60. The average Bonchev–Trinajstić information content (AvgIpc) is 2.49. The van der Waals surface area contributed by atoms with E-state index in [1.807, 2.05) is 13.8 Å². The van der Waals surface area contributed by atoms with Crippen molar-refractivity contribution in [1.29, 1.82) is 0 Å². The van der Waals surface area contributed by atoms with Crippen molar-refractivity contribution in [2.24, 2.45) is 11.7 Å². The SMILES string of the molecule is CC(C)CC(CN)NC(=O)COc1ccccc1OCC(F)(F)F. The van der Waals surface area contributed by atoms with Crippen LogP contribution in [-0.2, 0) is 4.79 Å². The second-order valence-corrected chi connectivity index (χ2v) is 5.77. The smallest absolute Gasteiger partial charge is 0.422 e. The Bertz CT molecular complexity index is 522. The number of amides is 1. The Morgan fingerprint density at radius 2 is 1.79 bits per heavy atom. The molecule has 0 radical (unpaired) electrons. The minimum Gasteiger partial charge on any atom is -0.480 e. The molecule has 0 aliphatic heterocycles. The van der Waals surface area contributed by atoms with Crippen LogP contribution in [0.5, 0.6) is 11.5 Å². The van der Waals surface area contributed by atoms with Gasteiger partial charge in [0.05, 0.1) is 0 Å². The third-order valence-corrected chi connectivity index (χ3v) is 3.00. The van der Waals surface area contributed by atoms with Gasteiger partial charge < -0.3 is 20.5 Å². The molecule has 24 heavy (non-hydrogen) atoms. The lowest BCUT2D eigenvalue weighted by Crippen LogP contribution is -2.43. The highest BCUT2D eigenvalue weighted by Gasteiger charge is 2.29. The maximum atomic E-state index is 12.2. The van der Waals surface area contributed by atoms with Gasteiger partial charge in [0.15, 0.2) is 24.7 Å². The molecule has 5 nitrogen and oxygen atoms in total. The van der Waals surface area contributed by atoms with Gasteiger partial charge in [-0.25, -0.2) is 0 Å². The number of hydrogen-bond donors (Lipinski definition) is 2. The van der Waals surface area contributed by atoms with Gasteiger partial charge in [0.2, 0.25) is 0 Å². The van der Waals surface area contributed by atoms with Crippen LogP contribution >= 0.6 is 0 Å². The number of carbonyl (C=O) groups is 1. The van der Waals surface area contributed by atoms with Gasteiger partial charge in [-0.3, -0.25) is 4.79 Å². The predicted octanol–water partition coefficient (Wildman–Crippen LogP) is 2.50. The highest BCUT2D eigenvalue weighted by molar-refractivity contribution is 5.78. The molecule has 1 amide bonds. The van der Waals surface area contributed by atoms with Crippen molar-refractivity contribution in [3.8, 4) is 11.5 Å². The van der Waals surface area contributed by atoms with Gasteiger partial charge in [-0.15, -0.1) is 0 Å². The fourth-order valence-corrected chi connectivity index (χ4v) is 2.04. The van der Waals surface area contributed by atoms with Crippen LogP contribution in [0.1, 0.15) is 20.3 Å². The van der Waals surface area contributed by atoms with Crippen molar-refractivity contribution in [3.63, 3.8) is 0 Å². The molecule has 1 aromatic carbocycles. The molecule has 0 aliphatic carbocycles. The van der Waals surface area contributed by atoms with E-state index in [1.54, 1.807) is 6.07 Å². The van der Waals surface area contributed by atoms with Gasteiger partial charge in [-0.2, -0.15) is 13.2 Å². The van der Waals surface area contributed by atoms with Gasteiger partial charge >= 0.3 is 6.18 Å². The molecule has 0 aliphatic rings. The minimum absolute atomic E-state index is 0.0693. The van der Waals surface area contributed by atoms with Crippen molar-refractivity contribution in [2.45, 2.75) is 32.5 Å². The lowest BCUT2D eigenvalue weighted by atomic mass is 10.0. The highest BCUT2D eigenvalue weighted by Crippen LogP contribution is 2.28. The Kier molecular flexibility index (Phi) is 7.84. The fraction of sp³-hybridized carbons (Fsp3) is 0.562. The molecular weight excluding hydrogens is 325 g/mol. The largest absolute Gasteiger partial charge is 0.480 e. The van der Waals surface area contributed by atoms with Gasteiger partial charge in [0.25, 0.3) is 5.91 Å². The topological polar surface area (TPSA) is 73.6 Å². The van der Waals surface area contributed by atoms with Crippen LogP contribution in [0.4, 0.5) is 13.2 Å². The molecule has 0 aromatic heterocycles. The summed E-state index contributed by atoms with van der Waals surface area (Å²) in [5.74, 6) is -0.0155. The number of hydrogen-bond acceptors (Lipinski definition) is 4. The van der Waals surface area contributed by atoms with Crippen molar-refractivity contribution in [2.75, 3.05) is 19.8 Å². The summed E-state index contributed by atoms with van der Waals surface area (Å²) in [7, 11) is 0. The third-order valence-electron chi connectivity index (χ3n) is 3.00. The summed E-state index contributed by atoms with van der Waals surface area (Å²) in [6.07, 6.45) is -3.72. The molecule has 8 heteroatoms. The minimum atomic E-state index is -4.45. The number of halogens is 3. The molecule has 0 heterocycles. The lowest BCUT2D eigenvalue weighted by molar-refractivity contribution is -0.153. The number of para-hydroxylation sites is 2. The first-order valence-electron chi connectivity index (χ1n) is 7.62. The summed E-state index contributed by atoms with van der Waals surface area (Å²) >= 11 is 0. The van der Waals surface area contributed by atoms with E-state index in [4.69, 9.17) is 10.5 Å². The Balaban J connectivity index is 2.56. The Labute approximate surface area is 139 Å². The fourth-order valence-electron chi connectivity index (χ4n) is 2.04. The highest BCUT2D eigenvalue weighted by atomic mass is 19.4. The van der Waals surface area contributed by atoms with E-state index in [1.165, 1.54) is 18.2 Å². The summed E-state index contributed by atoms with van der Waals surface area (Å²) in [5, 5.41) is 2.73. The van der Waals surface area contributed by atoms with Gasteiger partial charge in [0, 0.05) is 12.6 Å². The van der Waals surface area contributed by atoms with E-state index >= 15 is 0 Å². The molecule has 1 aromatic rings. The molecule has 0 saturated heterocycles. The Hall–Kier alpha value is -1.96. The van der Waals surface area contributed by atoms with Crippen LogP contribution in [-0.4, -0.2) is 37.9 Å². The van der Waals surface area contributed by atoms with Crippen LogP contribution in [0, 0.1) is 5.92 Å². The molecule has 0 spiro atoms. The first-order valence-corrected chi connectivity index (χ1v) is 7.62. The van der Waals surface area contributed by atoms with E-state index in [2.05, 4.69) is 10.1 Å². The molecule has 0 fully saturated rings. The lowest BCUT2D eigenvalue weighted by Gasteiger charge is -2.19. The maximum Gasteiger partial charge on any atom is 0.422 e. The number of rotatable bonds is 9. The van der Waals surface area contributed by atoms with E-state index in [0.29, 0.717) is 12.5 Å². The van der Waals surface area contributed by atoms with E-state index < -0.39 is 18.7 Å². The van der Waals surface area contributed by atoms with Crippen molar-refractivity contribution < 1.29 is 27.4 Å². The molecular formula is C16H23F3N2O3. The standard InChI is InChI=1S/C16H23F3N2O3/c1-11(2)7-12(8-20)21-15(22)9-23-13-5-3-4-6-14(13)24-10-16(17,18)19/h3-6,11-12H,7-10,20H2,1-2H3,(H,21,22). The number of nitrogens with one attached hydrogen (secondary N) is 1. The van der Waals surface area contributed by atoms with Crippen LogP contribution in [0.25, 0.3) is 0 Å². The summed E-state index contributed by atoms with van der Waals surface area (Å²) < 4.78 is 46.7. The maximum absolute atomic E-state index is 12.2. The quantitative estimate of drug-likeness (QED) is 0.719. The summed E-state index contributed by atoms with van der Waals surface area (Å²) in [4.78, 5) is 11.9. The van der Waals surface area contributed by atoms with Gasteiger partial charge in [-0.05, 0) is 24.5 Å². The molecule has 3 N–H and O–H groups in total. The normalized spacial score (nSPS) is 12.8. The molecule has 1 unspecified atom stereocenters. The Morgan fingerprint density at radius 3 is 2.29 bits per heavy atom. The molecule has 136 valence electrons. The molecule has 0 bridgehead atoms. The first kappa shape index (κ1) is 20.1. The van der Waals surface area contributed by atoms with Crippen molar-refractivity contribution >= 4 is 5.91 Å². The van der Waals surface area contributed by atoms with Crippen LogP contribution in [0.3, 0.4) is 0 Å². The van der Waals surface area contributed by atoms with Crippen LogP contribution in [0.15, 0.2) is 24.3 Å². The predicted molar refractivity (Wildman–Crippen MR) is 83.9 cm³/mol. The Morgan fingerprint density at radius 1 is 1.21 bits per heavy atom. The van der Waals surface area contributed by atoms with E-state index in [9.17, 15) is 18.0 Å². The van der Waals surface area contributed by atoms with Crippen LogP contribution < -0.4 is 20.5 Å². The van der Waals surface area contributed by atoms with Gasteiger partial charge in [0.1, 0.15) is 0 Å². The van der Waals surface area contributed by atoms with Gasteiger partial charge in [-0.1, -0.05) is 26.0 Å². The third kappa shape index (κ3) is 8.05. The number of benzene rings is 1. The number of carbonyl (C=O) groups excluding carboxylic acids is 1. The van der Waals surface area contributed by atoms with E-state index in [0.717, 1.165) is 6.42 Å². The van der Waals surface area contributed by atoms with Crippen LogP contribution in [0.2, 0.25) is 0 Å². The summed E-state index contributed by atoms with van der Waals surface area (Å²) in [6, 6.07) is 5.72. The first-order chi connectivity index (χ1) is 11.2. The van der Waals surface area contributed by atoms with Crippen molar-refractivity contribution in [3.05, 3.63) is 24.3 Å². The zero-order valence-corrected chi connectivity index (χ0v) is 13.7. The number of ether oxygens (including phenoxy) is 2. The molecule has 1 rings (SSSR count). The number of nitrogens with two attached hydrogens (primary N) is 1. The monoisotopic (exact) mass is 348 g/mol. The van der Waals surface area contributed by atoms with E-state index in [-0.39, 0.29) is 24.1 Å².